The van der Waals surface area contributed by atoms with Crippen LogP contribution in [0.15, 0.2) is 0 Å². The van der Waals surface area contributed by atoms with Crippen LogP contribution in [-0.4, -0.2) is 85.2 Å². The van der Waals surface area contributed by atoms with E-state index in [1.807, 2.05) is 0 Å². The zero-order chi connectivity index (χ0) is 19.4. The van der Waals surface area contributed by atoms with Gasteiger partial charge in [0.15, 0.2) is 0 Å². The smallest absolute Gasteiger partial charge is 0.220 e. The minimum Gasteiger partial charge on any atom is -0.377 e. The van der Waals surface area contributed by atoms with Crippen molar-refractivity contribution in [3.8, 4) is 0 Å². The molecular weight excluding hydrogens is 338 g/mol. The summed E-state index contributed by atoms with van der Waals surface area (Å²) in [6.07, 6.45) is 10.6. The Morgan fingerprint density at radius 2 is 1.70 bits per heavy atom. The van der Waals surface area contributed by atoms with Gasteiger partial charge >= 0.3 is 0 Å². The Hall–Kier alpha value is -0.650. The summed E-state index contributed by atoms with van der Waals surface area (Å²) in [7, 11) is 4.21. The Morgan fingerprint density at radius 1 is 1.04 bits per heavy atom. The first-order valence-corrected chi connectivity index (χ1v) is 11.2. The maximum Gasteiger partial charge on any atom is 0.220 e. The van der Waals surface area contributed by atoms with Crippen LogP contribution in [0.3, 0.4) is 0 Å². The molecule has 0 N–H and O–H groups in total. The number of ether oxygens (including phenoxy) is 1. The molecule has 1 amide bonds. The van der Waals surface area contributed by atoms with Gasteiger partial charge in [-0.3, -0.25) is 9.69 Å². The van der Waals surface area contributed by atoms with Crippen LogP contribution in [0.2, 0.25) is 0 Å². The molecule has 3 atom stereocenters. The molecule has 2 saturated carbocycles. The second-order valence-electron chi connectivity index (χ2n) is 9.47. The van der Waals surface area contributed by atoms with Gasteiger partial charge in [0.05, 0.1) is 12.7 Å². The predicted octanol–water partition coefficient (Wildman–Crippen LogP) is 2.99. The summed E-state index contributed by atoms with van der Waals surface area (Å²) < 4.78 is 6.08. The van der Waals surface area contributed by atoms with E-state index in [4.69, 9.17) is 4.74 Å². The summed E-state index contributed by atoms with van der Waals surface area (Å²) in [6.45, 7) is 8.16. The second-order valence-corrected chi connectivity index (χ2v) is 9.47. The molecule has 5 heteroatoms. The van der Waals surface area contributed by atoms with Crippen molar-refractivity contribution in [1.29, 1.82) is 0 Å². The van der Waals surface area contributed by atoms with Crippen LogP contribution in [0.5, 0.6) is 0 Å². The number of rotatable bonds is 6. The Labute approximate surface area is 166 Å². The first-order valence-electron chi connectivity index (χ1n) is 11.2. The zero-order valence-electron chi connectivity index (χ0n) is 18.0. The average Bonchev–Trinajstić information content (AvgIpc) is 2.62. The van der Waals surface area contributed by atoms with E-state index < -0.39 is 0 Å². The van der Waals surface area contributed by atoms with Gasteiger partial charge < -0.3 is 14.5 Å². The van der Waals surface area contributed by atoms with Gasteiger partial charge in [0.2, 0.25) is 5.91 Å². The van der Waals surface area contributed by atoms with E-state index in [0.29, 0.717) is 24.2 Å². The van der Waals surface area contributed by atoms with Gasteiger partial charge in [-0.15, -0.1) is 0 Å². The number of nitrogens with zero attached hydrogens (tertiary/aromatic N) is 3. The predicted molar refractivity (Wildman–Crippen MR) is 110 cm³/mol. The van der Waals surface area contributed by atoms with Gasteiger partial charge in [0.25, 0.3) is 0 Å². The Kier molecular flexibility index (Phi) is 7.57. The van der Waals surface area contributed by atoms with Gasteiger partial charge in [-0.1, -0.05) is 12.8 Å². The van der Waals surface area contributed by atoms with E-state index in [2.05, 4.69) is 35.7 Å². The van der Waals surface area contributed by atoms with Crippen molar-refractivity contribution in [2.45, 2.75) is 89.4 Å². The number of hydrogen-bond donors (Lipinski definition) is 0. The molecule has 3 fully saturated rings. The third-order valence-electron chi connectivity index (χ3n) is 7.04. The zero-order valence-corrected chi connectivity index (χ0v) is 18.0. The normalized spacial score (nSPS) is 35.3. The Morgan fingerprint density at radius 3 is 2.33 bits per heavy atom. The van der Waals surface area contributed by atoms with Gasteiger partial charge in [-0.25, -0.2) is 0 Å². The van der Waals surface area contributed by atoms with E-state index in [0.717, 1.165) is 25.6 Å². The molecule has 3 aliphatic rings. The van der Waals surface area contributed by atoms with Crippen LogP contribution < -0.4 is 0 Å². The quantitative estimate of drug-likeness (QED) is 0.711. The van der Waals surface area contributed by atoms with Crippen LogP contribution >= 0.6 is 0 Å². The van der Waals surface area contributed by atoms with Crippen LogP contribution in [-0.2, 0) is 9.53 Å². The van der Waals surface area contributed by atoms with E-state index >= 15 is 0 Å². The van der Waals surface area contributed by atoms with Crippen LogP contribution in [0.4, 0.5) is 0 Å². The van der Waals surface area contributed by atoms with Gasteiger partial charge in [0, 0.05) is 44.7 Å². The first kappa shape index (κ1) is 21.1. The maximum absolute atomic E-state index is 12.2. The summed E-state index contributed by atoms with van der Waals surface area (Å²) in [5.74, 6) is 1.08. The lowest BCUT2D eigenvalue weighted by atomic mass is 9.82. The van der Waals surface area contributed by atoms with Crippen LogP contribution in [0.1, 0.15) is 65.2 Å². The number of hydrogen-bond acceptors (Lipinski definition) is 4. The highest BCUT2D eigenvalue weighted by Gasteiger charge is 2.42. The molecule has 1 heterocycles. The summed E-state index contributed by atoms with van der Waals surface area (Å²) in [5.41, 5.74) is 0. The molecule has 3 rings (SSSR count). The molecule has 0 aromatic carbocycles. The number of piperazine rings is 1. The number of likely N-dealkylation sites (N-methyl/N-ethyl adjacent to an activating group) is 1. The highest BCUT2D eigenvalue weighted by atomic mass is 16.5. The van der Waals surface area contributed by atoms with E-state index in [9.17, 15) is 4.79 Å². The fourth-order valence-corrected chi connectivity index (χ4v) is 5.70. The lowest BCUT2D eigenvalue weighted by molar-refractivity contribution is -0.142. The third kappa shape index (κ3) is 5.45. The molecule has 5 nitrogen and oxygen atoms in total. The highest BCUT2D eigenvalue weighted by molar-refractivity contribution is 5.74. The van der Waals surface area contributed by atoms with Gasteiger partial charge in [-0.05, 0) is 65.5 Å². The molecule has 2 unspecified atom stereocenters. The van der Waals surface area contributed by atoms with E-state index in [1.165, 1.54) is 57.9 Å². The SMILES string of the molecule is CC(=O)N1C2CCCCC2N(CC2CCC(OCCN(C)C)CC2)C[C@@H]1C. The number of carbonyl (C=O) groups is 1. The monoisotopic (exact) mass is 379 g/mol. The van der Waals surface area contributed by atoms with Crippen molar-refractivity contribution in [3.63, 3.8) is 0 Å². The van der Waals surface area contributed by atoms with Gasteiger partial charge in [-0.2, -0.15) is 0 Å². The van der Waals surface area contributed by atoms with Crippen LogP contribution in [0, 0.1) is 5.92 Å². The van der Waals surface area contributed by atoms with E-state index in [1.54, 1.807) is 6.92 Å². The highest BCUT2D eigenvalue weighted by Crippen LogP contribution is 2.35. The summed E-state index contributed by atoms with van der Waals surface area (Å²) in [4.78, 5) is 19.4. The van der Waals surface area contributed by atoms with Crippen LogP contribution in [0.25, 0.3) is 0 Å². The minimum atomic E-state index is 0.273. The largest absolute Gasteiger partial charge is 0.377 e. The molecule has 0 aromatic rings. The number of amides is 1. The molecule has 1 aliphatic heterocycles. The molecule has 0 radical (unpaired) electrons. The lowest BCUT2D eigenvalue weighted by Crippen LogP contribution is -2.65. The molecule has 1 saturated heterocycles. The van der Waals surface area contributed by atoms with Crippen molar-refractivity contribution in [2.75, 3.05) is 40.3 Å². The van der Waals surface area contributed by atoms with Crippen molar-refractivity contribution >= 4 is 5.91 Å². The number of fused-ring (bicyclic) bond motifs is 1. The fourth-order valence-electron chi connectivity index (χ4n) is 5.70. The van der Waals surface area contributed by atoms with E-state index in [-0.39, 0.29) is 5.91 Å². The number of carbonyl (C=O) groups excluding carboxylic acids is 1. The fraction of sp³-hybridized carbons (Fsp3) is 0.955. The Balaban J connectivity index is 1.50. The molecule has 0 bridgehead atoms. The van der Waals surface area contributed by atoms with Crippen molar-refractivity contribution in [3.05, 3.63) is 0 Å². The summed E-state index contributed by atoms with van der Waals surface area (Å²) in [6, 6.07) is 1.39. The van der Waals surface area contributed by atoms with Crippen molar-refractivity contribution in [1.82, 2.24) is 14.7 Å². The lowest BCUT2D eigenvalue weighted by Gasteiger charge is -2.53. The average molecular weight is 380 g/mol. The standard InChI is InChI=1S/C22H41N3O2/c1-17-15-24(21-7-5-6-8-22(21)25(17)18(2)26)16-19-9-11-20(12-10-19)27-14-13-23(3)4/h17,19-22H,5-16H2,1-4H3/t17-,19?,20?,21?,22?/m0/s1. The molecule has 156 valence electrons. The topological polar surface area (TPSA) is 36.0 Å². The molecule has 0 spiro atoms. The Bertz CT molecular complexity index is 476. The third-order valence-corrected chi connectivity index (χ3v) is 7.04. The summed E-state index contributed by atoms with van der Waals surface area (Å²) >= 11 is 0. The molecule has 0 aromatic heterocycles. The van der Waals surface area contributed by atoms with Crippen molar-refractivity contribution < 1.29 is 9.53 Å². The second kappa shape index (κ2) is 9.71. The first-order chi connectivity index (χ1) is 13.0. The van der Waals surface area contributed by atoms with Gasteiger partial charge in [0.1, 0.15) is 0 Å². The minimum absolute atomic E-state index is 0.273. The molecule has 2 aliphatic carbocycles. The maximum atomic E-state index is 12.2. The molecule has 27 heavy (non-hydrogen) atoms. The summed E-state index contributed by atoms with van der Waals surface area (Å²) in [5, 5.41) is 0. The molecular formula is C22H41N3O2. The van der Waals surface area contributed by atoms with Crippen molar-refractivity contribution in [2.24, 2.45) is 5.92 Å².